The Morgan fingerprint density at radius 1 is 1.67 bits per heavy atom. The van der Waals surface area contributed by atoms with Gasteiger partial charge in [0.15, 0.2) is 0 Å². The van der Waals surface area contributed by atoms with Crippen molar-refractivity contribution in [2.24, 2.45) is 0 Å². The first-order valence-electron chi connectivity index (χ1n) is 4.67. The lowest BCUT2D eigenvalue weighted by molar-refractivity contribution is 0.0949. The fourth-order valence-corrected chi connectivity index (χ4v) is 1.24. The molecule has 1 aromatic rings. The molecule has 0 aliphatic heterocycles. The normalized spacial score (nSPS) is 12.1. The van der Waals surface area contributed by atoms with Crippen LogP contribution in [0.4, 0.5) is 5.82 Å². The SMILES string of the molecule is CSC(C)CNC(=O)c1cccc(N)n1. The average molecular weight is 225 g/mol. The molecule has 0 fully saturated rings. The van der Waals surface area contributed by atoms with Gasteiger partial charge in [0.1, 0.15) is 11.5 Å². The van der Waals surface area contributed by atoms with E-state index in [2.05, 4.69) is 17.2 Å². The summed E-state index contributed by atoms with van der Waals surface area (Å²) in [6.07, 6.45) is 2.01. The number of pyridine rings is 1. The molecular formula is C10H15N3OS. The number of anilines is 1. The third kappa shape index (κ3) is 3.79. The summed E-state index contributed by atoms with van der Waals surface area (Å²) >= 11 is 1.71. The van der Waals surface area contributed by atoms with Crippen LogP contribution in [0.25, 0.3) is 0 Å². The van der Waals surface area contributed by atoms with Crippen LogP contribution in [0.3, 0.4) is 0 Å². The molecule has 0 radical (unpaired) electrons. The van der Waals surface area contributed by atoms with Gasteiger partial charge in [0.05, 0.1) is 0 Å². The van der Waals surface area contributed by atoms with Crippen molar-refractivity contribution < 1.29 is 4.79 Å². The number of nitrogen functional groups attached to an aromatic ring is 1. The van der Waals surface area contributed by atoms with Gasteiger partial charge in [-0.15, -0.1) is 0 Å². The van der Waals surface area contributed by atoms with E-state index in [1.54, 1.807) is 30.0 Å². The number of aromatic nitrogens is 1. The van der Waals surface area contributed by atoms with E-state index in [0.29, 0.717) is 23.3 Å². The fraction of sp³-hybridized carbons (Fsp3) is 0.400. The number of nitrogens with zero attached hydrogens (tertiary/aromatic N) is 1. The Bertz CT molecular complexity index is 343. The van der Waals surface area contributed by atoms with Gasteiger partial charge in [-0.2, -0.15) is 11.8 Å². The van der Waals surface area contributed by atoms with Crippen LogP contribution in [-0.2, 0) is 0 Å². The molecule has 0 aliphatic rings. The van der Waals surface area contributed by atoms with Crippen molar-refractivity contribution in [2.75, 3.05) is 18.5 Å². The summed E-state index contributed by atoms with van der Waals surface area (Å²) in [5.41, 5.74) is 5.85. The predicted molar refractivity (Wildman–Crippen MR) is 64.0 cm³/mol. The monoisotopic (exact) mass is 225 g/mol. The molecule has 0 saturated carbocycles. The van der Waals surface area contributed by atoms with Crippen molar-refractivity contribution in [2.45, 2.75) is 12.2 Å². The van der Waals surface area contributed by atoms with E-state index in [0.717, 1.165) is 0 Å². The van der Waals surface area contributed by atoms with Gasteiger partial charge in [-0.05, 0) is 18.4 Å². The van der Waals surface area contributed by atoms with Crippen LogP contribution in [0.15, 0.2) is 18.2 Å². The lowest BCUT2D eigenvalue weighted by Gasteiger charge is -2.09. The van der Waals surface area contributed by atoms with Crippen molar-refractivity contribution >= 4 is 23.5 Å². The predicted octanol–water partition coefficient (Wildman–Crippen LogP) is 1.15. The highest BCUT2D eigenvalue weighted by molar-refractivity contribution is 7.99. The lowest BCUT2D eigenvalue weighted by Crippen LogP contribution is -2.30. The van der Waals surface area contributed by atoms with Crippen LogP contribution in [0.1, 0.15) is 17.4 Å². The van der Waals surface area contributed by atoms with E-state index in [9.17, 15) is 4.79 Å². The highest BCUT2D eigenvalue weighted by atomic mass is 32.2. The molecule has 82 valence electrons. The summed E-state index contributed by atoms with van der Waals surface area (Å²) in [6.45, 7) is 2.69. The third-order valence-electron chi connectivity index (χ3n) is 1.96. The number of thioether (sulfide) groups is 1. The van der Waals surface area contributed by atoms with E-state index in [-0.39, 0.29) is 5.91 Å². The van der Waals surface area contributed by atoms with Gasteiger partial charge in [-0.25, -0.2) is 4.98 Å². The molecule has 0 bridgehead atoms. The van der Waals surface area contributed by atoms with Crippen LogP contribution in [0.2, 0.25) is 0 Å². The molecule has 4 nitrogen and oxygen atoms in total. The number of amides is 1. The Hall–Kier alpha value is -1.23. The van der Waals surface area contributed by atoms with Crippen LogP contribution in [-0.4, -0.2) is 28.9 Å². The molecule has 1 rings (SSSR count). The molecule has 1 unspecified atom stereocenters. The summed E-state index contributed by atoms with van der Waals surface area (Å²) in [5, 5.41) is 3.20. The standard InChI is InChI=1S/C10H15N3OS/c1-7(15-2)6-12-10(14)8-4-3-5-9(11)13-8/h3-5,7H,6H2,1-2H3,(H2,11,13)(H,12,14). The first-order valence-corrected chi connectivity index (χ1v) is 5.96. The lowest BCUT2D eigenvalue weighted by atomic mass is 10.3. The van der Waals surface area contributed by atoms with Crippen LogP contribution in [0, 0.1) is 0 Å². The molecule has 1 amide bonds. The third-order valence-corrected chi connectivity index (χ3v) is 2.93. The number of hydrogen-bond acceptors (Lipinski definition) is 4. The molecular weight excluding hydrogens is 210 g/mol. The Kier molecular flexibility index (Phi) is 4.42. The second-order valence-electron chi connectivity index (χ2n) is 3.20. The molecule has 1 atom stereocenters. The van der Waals surface area contributed by atoms with Crippen molar-refractivity contribution in [3.8, 4) is 0 Å². The van der Waals surface area contributed by atoms with E-state index < -0.39 is 0 Å². The molecule has 15 heavy (non-hydrogen) atoms. The molecule has 1 aromatic heterocycles. The van der Waals surface area contributed by atoms with E-state index in [1.807, 2.05) is 6.26 Å². The Morgan fingerprint density at radius 2 is 2.40 bits per heavy atom. The number of nitrogens with one attached hydrogen (secondary N) is 1. The highest BCUT2D eigenvalue weighted by Gasteiger charge is 2.08. The minimum absolute atomic E-state index is 0.178. The second kappa shape index (κ2) is 5.60. The maximum absolute atomic E-state index is 11.6. The Morgan fingerprint density at radius 3 is 3.00 bits per heavy atom. The van der Waals surface area contributed by atoms with E-state index in [4.69, 9.17) is 5.73 Å². The zero-order chi connectivity index (χ0) is 11.3. The van der Waals surface area contributed by atoms with Crippen molar-refractivity contribution in [3.63, 3.8) is 0 Å². The quantitative estimate of drug-likeness (QED) is 0.806. The summed E-state index contributed by atoms with van der Waals surface area (Å²) in [4.78, 5) is 15.5. The van der Waals surface area contributed by atoms with Crippen molar-refractivity contribution in [1.29, 1.82) is 0 Å². The molecule has 0 aliphatic carbocycles. The number of hydrogen-bond donors (Lipinski definition) is 2. The number of nitrogens with two attached hydrogens (primary N) is 1. The summed E-state index contributed by atoms with van der Waals surface area (Å²) in [5.74, 6) is 0.184. The fourth-order valence-electron chi connectivity index (χ4n) is 0.988. The maximum atomic E-state index is 11.6. The smallest absolute Gasteiger partial charge is 0.270 e. The summed E-state index contributed by atoms with van der Waals surface area (Å²) in [7, 11) is 0. The first kappa shape index (κ1) is 11.8. The van der Waals surface area contributed by atoms with Gasteiger partial charge in [-0.3, -0.25) is 4.79 Å². The van der Waals surface area contributed by atoms with Gasteiger partial charge in [-0.1, -0.05) is 13.0 Å². The number of carbonyl (C=O) groups is 1. The molecule has 3 N–H and O–H groups in total. The van der Waals surface area contributed by atoms with E-state index in [1.165, 1.54) is 0 Å². The number of carbonyl (C=O) groups excluding carboxylic acids is 1. The molecule has 0 aromatic carbocycles. The van der Waals surface area contributed by atoms with Gasteiger partial charge in [0, 0.05) is 11.8 Å². The maximum Gasteiger partial charge on any atom is 0.270 e. The van der Waals surface area contributed by atoms with Gasteiger partial charge >= 0.3 is 0 Å². The minimum atomic E-state index is -0.178. The first-order chi connectivity index (χ1) is 7.13. The zero-order valence-corrected chi connectivity index (χ0v) is 9.67. The molecule has 5 heteroatoms. The molecule has 1 heterocycles. The highest BCUT2D eigenvalue weighted by Crippen LogP contribution is 2.04. The van der Waals surface area contributed by atoms with Gasteiger partial charge < -0.3 is 11.1 Å². The zero-order valence-electron chi connectivity index (χ0n) is 8.86. The molecule has 0 saturated heterocycles. The second-order valence-corrected chi connectivity index (χ2v) is 4.48. The average Bonchev–Trinajstić information content (AvgIpc) is 2.25. The van der Waals surface area contributed by atoms with Gasteiger partial charge in [0.25, 0.3) is 5.91 Å². The molecule has 0 spiro atoms. The summed E-state index contributed by atoms with van der Waals surface area (Å²) in [6, 6.07) is 5.02. The Balaban J connectivity index is 2.54. The van der Waals surface area contributed by atoms with Crippen LogP contribution < -0.4 is 11.1 Å². The van der Waals surface area contributed by atoms with Crippen LogP contribution in [0.5, 0.6) is 0 Å². The summed E-state index contributed by atoms with van der Waals surface area (Å²) < 4.78 is 0. The largest absolute Gasteiger partial charge is 0.384 e. The van der Waals surface area contributed by atoms with E-state index >= 15 is 0 Å². The number of rotatable bonds is 4. The van der Waals surface area contributed by atoms with Crippen molar-refractivity contribution in [1.82, 2.24) is 10.3 Å². The van der Waals surface area contributed by atoms with Crippen LogP contribution >= 0.6 is 11.8 Å². The Labute approximate surface area is 93.7 Å². The van der Waals surface area contributed by atoms with Crippen molar-refractivity contribution in [3.05, 3.63) is 23.9 Å². The minimum Gasteiger partial charge on any atom is -0.384 e. The topological polar surface area (TPSA) is 68.0 Å². The van der Waals surface area contributed by atoms with Gasteiger partial charge in [0.2, 0.25) is 0 Å².